The first-order chi connectivity index (χ1) is 6.52. The average molecular weight is 196 g/mol. The second-order valence-corrected chi connectivity index (χ2v) is 3.50. The van der Waals surface area contributed by atoms with Crippen molar-refractivity contribution in [3.8, 4) is 0 Å². The molecule has 1 aromatic rings. The molecule has 4 heteroatoms. The van der Waals surface area contributed by atoms with Crippen molar-refractivity contribution >= 4 is 5.97 Å². The number of aliphatic carboxylic acids is 1. The van der Waals surface area contributed by atoms with Crippen molar-refractivity contribution in [2.24, 2.45) is 5.73 Å². The fraction of sp³-hybridized carbons (Fsp3) is 0.500. The quantitative estimate of drug-likeness (QED) is 0.752. The molecular weight excluding hydrogens is 180 g/mol. The number of nitrogens with zero attached hydrogens (tertiary/aromatic N) is 1. The van der Waals surface area contributed by atoms with Gasteiger partial charge >= 0.3 is 5.97 Å². The topological polar surface area (TPSA) is 68.2 Å². The van der Waals surface area contributed by atoms with Crippen LogP contribution in [0, 0.1) is 13.8 Å². The lowest BCUT2D eigenvalue weighted by molar-refractivity contribution is -0.138. The van der Waals surface area contributed by atoms with E-state index in [-0.39, 0.29) is 0 Å². The van der Waals surface area contributed by atoms with Gasteiger partial charge < -0.3 is 15.4 Å². The molecule has 0 spiro atoms. The van der Waals surface area contributed by atoms with Gasteiger partial charge in [-0.05, 0) is 32.4 Å². The normalized spacial score (nSPS) is 12.8. The van der Waals surface area contributed by atoms with Gasteiger partial charge in [-0.1, -0.05) is 0 Å². The monoisotopic (exact) mass is 196 g/mol. The summed E-state index contributed by atoms with van der Waals surface area (Å²) < 4.78 is 2.07. The molecule has 3 N–H and O–H groups in total. The van der Waals surface area contributed by atoms with Crippen molar-refractivity contribution in [3.05, 3.63) is 23.5 Å². The minimum Gasteiger partial charge on any atom is -0.480 e. The zero-order valence-corrected chi connectivity index (χ0v) is 8.53. The van der Waals surface area contributed by atoms with Gasteiger partial charge in [0, 0.05) is 17.9 Å². The lowest BCUT2D eigenvalue weighted by Gasteiger charge is -2.11. The lowest BCUT2D eigenvalue weighted by Crippen LogP contribution is -2.31. The van der Waals surface area contributed by atoms with Crippen LogP contribution in [0.1, 0.15) is 17.8 Å². The van der Waals surface area contributed by atoms with Gasteiger partial charge in [0.25, 0.3) is 0 Å². The Bertz CT molecular complexity index is 311. The van der Waals surface area contributed by atoms with Gasteiger partial charge in [0.1, 0.15) is 6.04 Å². The number of hydrogen-bond donors (Lipinski definition) is 2. The van der Waals surface area contributed by atoms with Gasteiger partial charge in [0.15, 0.2) is 0 Å². The van der Waals surface area contributed by atoms with Crippen molar-refractivity contribution in [1.29, 1.82) is 0 Å². The molecule has 0 saturated heterocycles. The maximum absolute atomic E-state index is 10.5. The Morgan fingerprint density at radius 1 is 1.50 bits per heavy atom. The average Bonchev–Trinajstić information content (AvgIpc) is 2.43. The van der Waals surface area contributed by atoms with E-state index in [4.69, 9.17) is 10.8 Å². The summed E-state index contributed by atoms with van der Waals surface area (Å²) in [4.78, 5) is 10.5. The maximum Gasteiger partial charge on any atom is 0.320 e. The predicted octanol–water partition coefficient (Wildman–Crippen LogP) is 0.907. The third kappa shape index (κ3) is 2.35. The number of carbonyl (C=O) groups is 1. The molecule has 0 saturated carbocycles. The van der Waals surface area contributed by atoms with Crippen LogP contribution in [0.25, 0.3) is 0 Å². The van der Waals surface area contributed by atoms with Crippen molar-refractivity contribution in [3.63, 3.8) is 0 Å². The molecule has 0 aliphatic rings. The van der Waals surface area contributed by atoms with Crippen molar-refractivity contribution in [2.75, 3.05) is 0 Å². The first-order valence-corrected chi connectivity index (χ1v) is 4.63. The van der Waals surface area contributed by atoms with E-state index >= 15 is 0 Å². The Labute approximate surface area is 83.3 Å². The summed E-state index contributed by atoms with van der Waals surface area (Å²) >= 11 is 0. The van der Waals surface area contributed by atoms with E-state index in [0.717, 1.165) is 11.4 Å². The van der Waals surface area contributed by atoms with Gasteiger partial charge in [-0.2, -0.15) is 0 Å². The van der Waals surface area contributed by atoms with E-state index in [1.807, 2.05) is 26.0 Å². The smallest absolute Gasteiger partial charge is 0.320 e. The van der Waals surface area contributed by atoms with Crippen LogP contribution in [0.4, 0.5) is 0 Å². The summed E-state index contributed by atoms with van der Waals surface area (Å²) in [5.74, 6) is -0.938. The second kappa shape index (κ2) is 4.28. The molecule has 1 heterocycles. The van der Waals surface area contributed by atoms with E-state index in [2.05, 4.69) is 4.57 Å². The summed E-state index contributed by atoms with van der Waals surface area (Å²) in [6.45, 7) is 4.66. The van der Waals surface area contributed by atoms with Gasteiger partial charge in [0.2, 0.25) is 0 Å². The molecule has 0 aliphatic carbocycles. The molecule has 0 amide bonds. The molecule has 0 aromatic carbocycles. The Morgan fingerprint density at radius 2 is 2.00 bits per heavy atom. The SMILES string of the molecule is Cc1ccc(C)n1CCC(N)C(=O)O. The Balaban J connectivity index is 2.57. The molecule has 1 atom stereocenters. The molecule has 0 bridgehead atoms. The molecule has 1 aromatic heterocycles. The number of rotatable bonds is 4. The van der Waals surface area contributed by atoms with E-state index in [9.17, 15) is 4.79 Å². The number of carboxylic acid groups (broad SMARTS) is 1. The highest BCUT2D eigenvalue weighted by molar-refractivity contribution is 5.72. The Kier molecular flexibility index (Phi) is 3.30. The van der Waals surface area contributed by atoms with Crippen LogP contribution in [0.5, 0.6) is 0 Å². The van der Waals surface area contributed by atoms with Crippen molar-refractivity contribution in [2.45, 2.75) is 32.9 Å². The van der Waals surface area contributed by atoms with Gasteiger partial charge in [-0.25, -0.2) is 0 Å². The standard InChI is InChI=1S/C10H16N2O2/c1-7-3-4-8(2)12(7)6-5-9(11)10(13)14/h3-4,9H,5-6,11H2,1-2H3,(H,13,14). The summed E-state index contributed by atoms with van der Waals surface area (Å²) in [5, 5.41) is 8.61. The number of aromatic nitrogens is 1. The van der Waals surface area contributed by atoms with E-state index < -0.39 is 12.0 Å². The van der Waals surface area contributed by atoms with Crippen LogP contribution < -0.4 is 5.73 Å². The Hall–Kier alpha value is -1.29. The van der Waals surface area contributed by atoms with Gasteiger partial charge in [-0.3, -0.25) is 4.79 Å². The number of hydrogen-bond acceptors (Lipinski definition) is 2. The summed E-state index contributed by atoms with van der Waals surface area (Å²) in [6, 6.07) is 3.26. The fourth-order valence-electron chi connectivity index (χ4n) is 1.44. The molecular formula is C10H16N2O2. The van der Waals surface area contributed by atoms with E-state index in [1.165, 1.54) is 0 Å². The minimum absolute atomic E-state index is 0.464. The summed E-state index contributed by atoms with van der Waals surface area (Å²) in [7, 11) is 0. The second-order valence-electron chi connectivity index (χ2n) is 3.50. The third-order valence-corrected chi connectivity index (χ3v) is 2.40. The largest absolute Gasteiger partial charge is 0.480 e. The van der Waals surface area contributed by atoms with Crippen molar-refractivity contribution in [1.82, 2.24) is 4.57 Å². The maximum atomic E-state index is 10.5. The molecule has 0 fully saturated rings. The number of nitrogens with two attached hydrogens (primary N) is 1. The van der Waals surface area contributed by atoms with E-state index in [0.29, 0.717) is 13.0 Å². The minimum atomic E-state index is -0.938. The van der Waals surface area contributed by atoms with Crippen LogP contribution in [0.15, 0.2) is 12.1 Å². The zero-order valence-electron chi connectivity index (χ0n) is 8.53. The van der Waals surface area contributed by atoms with Gasteiger partial charge in [0.05, 0.1) is 0 Å². The van der Waals surface area contributed by atoms with Crippen LogP contribution in [-0.4, -0.2) is 21.7 Å². The molecule has 4 nitrogen and oxygen atoms in total. The van der Waals surface area contributed by atoms with E-state index in [1.54, 1.807) is 0 Å². The van der Waals surface area contributed by atoms with Gasteiger partial charge in [-0.15, -0.1) is 0 Å². The summed E-state index contributed by atoms with van der Waals surface area (Å²) in [5.41, 5.74) is 7.70. The molecule has 78 valence electrons. The van der Waals surface area contributed by atoms with Crippen molar-refractivity contribution < 1.29 is 9.90 Å². The molecule has 1 unspecified atom stereocenters. The fourth-order valence-corrected chi connectivity index (χ4v) is 1.44. The van der Waals surface area contributed by atoms with Crippen LogP contribution >= 0.6 is 0 Å². The number of aryl methyl sites for hydroxylation is 2. The number of carboxylic acids is 1. The highest BCUT2D eigenvalue weighted by Crippen LogP contribution is 2.08. The predicted molar refractivity (Wildman–Crippen MR) is 54.1 cm³/mol. The van der Waals surface area contributed by atoms with Crippen LogP contribution in [0.3, 0.4) is 0 Å². The molecule has 0 radical (unpaired) electrons. The van der Waals surface area contributed by atoms with Crippen LogP contribution in [-0.2, 0) is 11.3 Å². The first kappa shape index (κ1) is 10.8. The third-order valence-electron chi connectivity index (χ3n) is 2.40. The first-order valence-electron chi connectivity index (χ1n) is 4.63. The zero-order chi connectivity index (χ0) is 10.7. The molecule has 1 rings (SSSR count). The molecule has 14 heavy (non-hydrogen) atoms. The summed E-state index contributed by atoms with van der Waals surface area (Å²) in [6.07, 6.45) is 0.464. The lowest BCUT2D eigenvalue weighted by atomic mass is 10.2. The highest BCUT2D eigenvalue weighted by atomic mass is 16.4. The Morgan fingerprint density at radius 3 is 2.43 bits per heavy atom. The highest BCUT2D eigenvalue weighted by Gasteiger charge is 2.11. The van der Waals surface area contributed by atoms with Crippen LogP contribution in [0.2, 0.25) is 0 Å². The molecule has 0 aliphatic heterocycles.